The Balaban J connectivity index is 2.78. The van der Waals surface area contributed by atoms with Gasteiger partial charge in [0.2, 0.25) is 5.91 Å². The minimum absolute atomic E-state index is 0.112. The minimum Gasteiger partial charge on any atom is -0.478 e. The number of carboxylic acid groups (broad SMARTS) is 1. The van der Waals surface area contributed by atoms with E-state index in [1.165, 1.54) is 12.1 Å². The highest BCUT2D eigenvalue weighted by molar-refractivity contribution is 9.10. The zero-order valence-corrected chi connectivity index (χ0v) is 12.2. The number of carbonyl (C=O) groups excluding carboxylic acids is 1. The number of anilines is 1. The second-order valence-electron chi connectivity index (χ2n) is 4.24. The van der Waals surface area contributed by atoms with Crippen LogP contribution in [0.2, 0.25) is 0 Å². The molecule has 0 spiro atoms. The number of hydrogen-bond donors (Lipinski definition) is 3. The van der Waals surface area contributed by atoms with Crippen LogP contribution in [0.1, 0.15) is 36.5 Å². The van der Waals surface area contributed by atoms with E-state index in [0.717, 1.165) is 12.8 Å². The molecule has 0 bridgehead atoms. The molecule has 0 saturated carbocycles. The molecule has 0 aliphatic carbocycles. The number of aromatic carboxylic acids is 1. The number of amides is 1. The van der Waals surface area contributed by atoms with Crippen molar-refractivity contribution in [2.45, 2.75) is 32.2 Å². The fourth-order valence-corrected chi connectivity index (χ4v) is 1.88. The largest absolute Gasteiger partial charge is 0.478 e. The highest BCUT2D eigenvalue weighted by atomic mass is 79.9. The van der Waals surface area contributed by atoms with Crippen molar-refractivity contribution < 1.29 is 14.7 Å². The molecule has 0 aliphatic rings. The fraction of sp³-hybridized carbons (Fsp3) is 0.385. The second-order valence-corrected chi connectivity index (χ2v) is 5.09. The second kappa shape index (κ2) is 7.25. The maximum Gasteiger partial charge on any atom is 0.335 e. The molecule has 0 aromatic heterocycles. The van der Waals surface area contributed by atoms with Gasteiger partial charge in [0.25, 0.3) is 0 Å². The van der Waals surface area contributed by atoms with Crippen molar-refractivity contribution in [1.82, 2.24) is 0 Å². The van der Waals surface area contributed by atoms with E-state index >= 15 is 0 Å². The lowest BCUT2D eigenvalue weighted by Crippen LogP contribution is -2.35. The van der Waals surface area contributed by atoms with Crippen molar-refractivity contribution in [3.63, 3.8) is 0 Å². The summed E-state index contributed by atoms with van der Waals surface area (Å²) in [6, 6.07) is 3.85. The number of carboxylic acids is 1. The molecular formula is C13H17BrN2O3. The standard InChI is InChI=1S/C13H17BrN2O3/c1-2-3-4-10(15)12(17)16-11-7-8(13(18)19)5-6-9(11)14/h5-7,10H,2-4,15H2,1H3,(H,16,17)(H,18,19). The Morgan fingerprint density at radius 3 is 2.74 bits per heavy atom. The summed E-state index contributed by atoms with van der Waals surface area (Å²) in [6.45, 7) is 2.03. The van der Waals surface area contributed by atoms with Crippen LogP contribution in [0.5, 0.6) is 0 Å². The van der Waals surface area contributed by atoms with E-state index in [4.69, 9.17) is 10.8 Å². The normalized spacial score (nSPS) is 11.9. The first-order valence-electron chi connectivity index (χ1n) is 6.05. The van der Waals surface area contributed by atoms with Gasteiger partial charge >= 0.3 is 5.97 Å². The van der Waals surface area contributed by atoms with Crippen molar-refractivity contribution in [2.75, 3.05) is 5.32 Å². The molecule has 4 N–H and O–H groups in total. The summed E-state index contributed by atoms with van der Waals surface area (Å²) >= 11 is 3.26. The van der Waals surface area contributed by atoms with E-state index in [9.17, 15) is 9.59 Å². The quantitative estimate of drug-likeness (QED) is 0.748. The van der Waals surface area contributed by atoms with Crippen LogP contribution >= 0.6 is 15.9 Å². The van der Waals surface area contributed by atoms with Crippen molar-refractivity contribution in [2.24, 2.45) is 5.73 Å². The van der Waals surface area contributed by atoms with Gasteiger partial charge in [-0.05, 0) is 40.5 Å². The molecule has 1 rings (SSSR count). The van der Waals surface area contributed by atoms with Gasteiger partial charge in [0.05, 0.1) is 17.3 Å². The molecule has 1 aromatic carbocycles. The zero-order chi connectivity index (χ0) is 14.4. The highest BCUT2D eigenvalue weighted by Gasteiger charge is 2.15. The molecule has 0 fully saturated rings. The van der Waals surface area contributed by atoms with E-state index in [1.54, 1.807) is 6.07 Å². The van der Waals surface area contributed by atoms with Gasteiger partial charge in [-0.1, -0.05) is 19.8 Å². The zero-order valence-electron chi connectivity index (χ0n) is 10.6. The van der Waals surface area contributed by atoms with Gasteiger partial charge in [-0.2, -0.15) is 0 Å². The Morgan fingerprint density at radius 1 is 1.47 bits per heavy atom. The number of nitrogens with two attached hydrogens (primary N) is 1. The monoisotopic (exact) mass is 328 g/mol. The molecule has 5 nitrogen and oxygen atoms in total. The Kier molecular flexibility index (Phi) is 5.98. The molecule has 0 heterocycles. The maximum atomic E-state index is 11.8. The van der Waals surface area contributed by atoms with Gasteiger partial charge in [0, 0.05) is 4.47 Å². The van der Waals surface area contributed by atoms with E-state index in [0.29, 0.717) is 16.6 Å². The number of hydrogen-bond acceptors (Lipinski definition) is 3. The van der Waals surface area contributed by atoms with E-state index in [-0.39, 0.29) is 11.5 Å². The summed E-state index contributed by atoms with van der Waals surface area (Å²) in [5.74, 6) is -1.35. The van der Waals surface area contributed by atoms with Gasteiger partial charge in [-0.25, -0.2) is 4.79 Å². The third kappa shape index (κ3) is 4.65. The number of rotatable bonds is 6. The maximum absolute atomic E-state index is 11.8. The number of halogens is 1. The van der Waals surface area contributed by atoms with Crippen LogP contribution in [0.3, 0.4) is 0 Å². The molecule has 19 heavy (non-hydrogen) atoms. The molecule has 0 radical (unpaired) electrons. The van der Waals surface area contributed by atoms with Crippen LogP contribution in [0, 0.1) is 0 Å². The Hall–Kier alpha value is -1.40. The Morgan fingerprint density at radius 2 is 2.16 bits per heavy atom. The first-order valence-corrected chi connectivity index (χ1v) is 6.84. The first kappa shape index (κ1) is 15.7. The first-order chi connectivity index (χ1) is 8.95. The molecule has 1 unspecified atom stereocenters. The smallest absolute Gasteiger partial charge is 0.335 e. The SMILES string of the molecule is CCCCC(N)C(=O)Nc1cc(C(=O)O)ccc1Br. The average molecular weight is 329 g/mol. The molecule has 0 aliphatic heterocycles. The Labute approximate surface area is 120 Å². The predicted octanol–water partition coefficient (Wildman–Crippen LogP) is 2.60. The molecule has 0 saturated heterocycles. The van der Waals surface area contributed by atoms with Crippen LogP contribution in [-0.2, 0) is 4.79 Å². The third-order valence-electron chi connectivity index (χ3n) is 2.68. The number of carbonyl (C=O) groups is 2. The van der Waals surface area contributed by atoms with Crippen LogP contribution in [-0.4, -0.2) is 23.0 Å². The summed E-state index contributed by atoms with van der Waals surface area (Å²) in [5.41, 5.74) is 6.28. The minimum atomic E-state index is -1.04. The molecular weight excluding hydrogens is 312 g/mol. The lowest BCUT2D eigenvalue weighted by Gasteiger charge is -2.13. The van der Waals surface area contributed by atoms with Crippen LogP contribution in [0.15, 0.2) is 22.7 Å². The predicted molar refractivity (Wildman–Crippen MR) is 77.2 cm³/mol. The molecule has 6 heteroatoms. The van der Waals surface area contributed by atoms with Crippen LogP contribution in [0.25, 0.3) is 0 Å². The summed E-state index contributed by atoms with van der Waals surface area (Å²) in [5, 5.41) is 11.5. The van der Waals surface area contributed by atoms with E-state index in [2.05, 4.69) is 21.2 Å². The van der Waals surface area contributed by atoms with Crippen molar-refractivity contribution in [3.05, 3.63) is 28.2 Å². The van der Waals surface area contributed by atoms with Crippen molar-refractivity contribution >= 4 is 33.5 Å². The number of benzene rings is 1. The average Bonchev–Trinajstić information content (AvgIpc) is 2.38. The summed E-state index contributed by atoms with van der Waals surface area (Å²) in [4.78, 5) is 22.7. The van der Waals surface area contributed by atoms with Crippen molar-refractivity contribution in [1.29, 1.82) is 0 Å². The van der Waals surface area contributed by atoms with Gasteiger partial charge in [0.15, 0.2) is 0 Å². The van der Waals surface area contributed by atoms with E-state index in [1.807, 2.05) is 6.92 Å². The van der Waals surface area contributed by atoms with Crippen LogP contribution in [0.4, 0.5) is 5.69 Å². The summed E-state index contributed by atoms with van der Waals surface area (Å²) in [7, 11) is 0. The van der Waals surface area contributed by atoms with Crippen LogP contribution < -0.4 is 11.1 Å². The van der Waals surface area contributed by atoms with Gasteiger partial charge in [0.1, 0.15) is 0 Å². The van der Waals surface area contributed by atoms with Gasteiger partial charge in [-0.15, -0.1) is 0 Å². The molecule has 1 atom stereocenters. The lowest BCUT2D eigenvalue weighted by atomic mass is 10.1. The van der Waals surface area contributed by atoms with Gasteiger partial charge < -0.3 is 16.2 Å². The van der Waals surface area contributed by atoms with Gasteiger partial charge in [-0.3, -0.25) is 4.79 Å². The number of nitrogens with one attached hydrogen (secondary N) is 1. The fourth-order valence-electron chi connectivity index (χ4n) is 1.53. The third-order valence-corrected chi connectivity index (χ3v) is 3.37. The molecule has 1 amide bonds. The van der Waals surface area contributed by atoms with E-state index < -0.39 is 12.0 Å². The summed E-state index contributed by atoms with van der Waals surface area (Å²) in [6.07, 6.45) is 2.46. The number of unbranched alkanes of at least 4 members (excludes halogenated alkanes) is 1. The molecule has 104 valence electrons. The highest BCUT2D eigenvalue weighted by Crippen LogP contribution is 2.24. The summed E-state index contributed by atoms with van der Waals surface area (Å²) < 4.78 is 0.619. The van der Waals surface area contributed by atoms with Crippen molar-refractivity contribution in [3.8, 4) is 0 Å². The topological polar surface area (TPSA) is 92.4 Å². The molecule has 1 aromatic rings. The Bertz CT molecular complexity index is 477. The lowest BCUT2D eigenvalue weighted by molar-refractivity contribution is -0.117.